The van der Waals surface area contributed by atoms with Crippen molar-refractivity contribution in [1.29, 1.82) is 0 Å². The van der Waals surface area contributed by atoms with E-state index in [2.05, 4.69) is 20.7 Å². The second-order valence-electron chi connectivity index (χ2n) is 9.12. The monoisotopic (exact) mass is 525 g/mol. The molecule has 192 valence electrons. The van der Waals surface area contributed by atoms with Gasteiger partial charge >= 0.3 is 0 Å². The highest BCUT2D eigenvalue weighted by Gasteiger charge is 2.51. The molecule has 1 saturated heterocycles. The number of nitrogens with one attached hydrogen (secondary N) is 2. The minimum absolute atomic E-state index is 0.0291. The highest BCUT2D eigenvalue weighted by Crippen LogP contribution is 2.43. The van der Waals surface area contributed by atoms with Crippen molar-refractivity contribution in [3.63, 3.8) is 0 Å². The molecule has 5 rings (SSSR count). The number of nitrogens with two attached hydrogens (primary N) is 1. The molecule has 1 aliphatic heterocycles. The maximum Gasteiger partial charge on any atom is 0.269 e. The summed E-state index contributed by atoms with van der Waals surface area (Å²) < 4.78 is 1.37. The number of amides is 4. The molecule has 12 nitrogen and oxygen atoms in total. The highest BCUT2D eigenvalue weighted by molar-refractivity contribution is 6.29. The van der Waals surface area contributed by atoms with E-state index in [1.54, 1.807) is 35.2 Å². The minimum atomic E-state index is -0.798. The van der Waals surface area contributed by atoms with Gasteiger partial charge in [0, 0.05) is 17.1 Å². The molecular formula is C24H24ClN7O5. The Morgan fingerprint density at radius 2 is 1.95 bits per heavy atom. The van der Waals surface area contributed by atoms with Gasteiger partial charge < -0.3 is 26.4 Å². The van der Waals surface area contributed by atoms with Crippen molar-refractivity contribution < 1.29 is 24.3 Å². The van der Waals surface area contributed by atoms with Gasteiger partial charge in [0.1, 0.15) is 30.2 Å². The maximum absolute atomic E-state index is 13.5. The Hall–Kier alpha value is -4.03. The van der Waals surface area contributed by atoms with E-state index in [-0.39, 0.29) is 41.2 Å². The first-order chi connectivity index (χ1) is 17.7. The molecule has 5 N–H and O–H groups in total. The van der Waals surface area contributed by atoms with Crippen molar-refractivity contribution in [3.8, 4) is 0 Å². The van der Waals surface area contributed by atoms with Gasteiger partial charge in [0.25, 0.3) is 5.91 Å². The van der Waals surface area contributed by atoms with Crippen molar-refractivity contribution in [2.24, 2.45) is 11.7 Å². The van der Waals surface area contributed by atoms with Crippen LogP contribution in [0, 0.1) is 5.92 Å². The van der Waals surface area contributed by atoms with E-state index in [0.717, 1.165) is 19.3 Å². The SMILES string of the molecule is NC(=O)c1nn(CC(=O)N2[C@@H]3CC[C@@H](C3)[C@H]2C(=O)Nc2cccc(Cl)n2)c2ccc(NC(=O)CO)cc12. The van der Waals surface area contributed by atoms with E-state index in [1.165, 1.54) is 10.7 Å². The number of hydrogen-bond donors (Lipinski definition) is 4. The number of fused-ring (bicyclic) bond motifs is 3. The molecule has 1 aliphatic carbocycles. The van der Waals surface area contributed by atoms with Crippen LogP contribution in [0.1, 0.15) is 29.8 Å². The van der Waals surface area contributed by atoms with Crippen LogP contribution in [0.2, 0.25) is 5.15 Å². The van der Waals surface area contributed by atoms with Crippen molar-refractivity contribution in [2.75, 3.05) is 17.2 Å². The first kappa shape index (κ1) is 24.7. The van der Waals surface area contributed by atoms with Crippen LogP contribution in [0.25, 0.3) is 10.9 Å². The first-order valence-corrected chi connectivity index (χ1v) is 12.1. The molecule has 1 saturated carbocycles. The molecular weight excluding hydrogens is 502 g/mol. The lowest BCUT2D eigenvalue weighted by molar-refractivity contribution is -0.141. The van der Waals surface area contributed by atoms with Gasteiger partial charge in [-0.2, -0.15) is 5.10 Å². The summed E-state index contributed by atoms with van der Waals surface area (Å²) >= 11 is 5.93. The predicted molar refractivity (Wildman–Crippen MR) is 134 cm³/mol. The summed E-state index contributed by atoms with van der Waals surface area (Å²) in [7, 11) is 0. The van der Waals surface area contributed by atoms with E-state index in [1.807, 2.05) is 0 Å². The van der Waals surface area contributed by atoms with Crippen LogP contribution in [-0.2, 0) is 20.9 Å². The standard InChI is InChI=1S/C24H24ClN7O5/c25-17-2-1-3-18(28-17)29-24(37)22-12-4-6-14(8-12)32(22)20(35)10-31-16-7-5-13(27-19(34)11-33)9-15(16)21(30-31)23(26)36/h1-3,5,7,9,12,14,22,33H,4,6,8,10-11H2,(H2,26,36)(H,27,34)(H,28,29,37)/t12-,14+,22-/m0/s1. The molecule has 0 spiro atoms. The number of rotatable bonds is 7. The van der Waals surface area contributed by atoms with E-state index in [0.29, 0.717) is 22.4 Å². The van der Waals surface area contributed by atoms with Gasteiger partial charge in [-0.3, -0.25) is 23.9 Å². The summed E-state index contributed by atoms with van der Waals surface area (Å²) in [5, 5.41) is 19.1. The molecule has 2 bridgehead atoms. The summed E-state index contributed by atoms with van der Waals surface area (Å²) in [6.07, 6.45) is 2.37. The molecule has 0 unspecified atom stereocenters. The number of hydrogen-bond acceptors (Lipinski definition) is 7. The molecule has 3 aromatic rings. The Labute approximate surface area is 215 Å². The fourth-order valence-electron chi connectivity index (χ4n) is 5.33. The topological polar surface area (TPSA) is 173 Å². The number of aliphatic hydroxyl groups is 1. The van der Waals surface area contributed by atoms with Crippen molar-refractivity contribution in [1.82, 2.24) is 19.7 Å². The van der Waals surface area contributed by atoms with E-state index < -0.39 is 24.5 Å². The van der Waals surface area contributed by atoms with Crippen LogP contribution in [-0.4, -0.2) is 67.1 Å². The number of likely N-dealkylation sites (tertiary alicyclic amines) is 1. The summed E-state index contributed by atoms with van der Waals surface area (Å²) in [6.45, 7) is -0.914. The summed E-state index contributed by atoms with van der Waals surface area (Å²) in [5.41, 5.74) is 6.24. The number of aromatic nitrogens is 3. The third-order valence-corrected chi connectivity index (χ3v) is 7.01. The Morgan fingerprint density at radius 3 is 2.68 bits per heavy atom. The van der Waals surface area contributed by atoms with Gasteiger partial charge in [0.05, 0.1) is 5.52 Å². The summed E-state index contributed by atoms with van der Waals surface area (Å²) in [4.78, 5) is 56.1. The average molecular weight is 526 g/mol. The zero-order chi connectivity index (χ0) is 26.3. The molecule has 2 aromatic heterocycles. The van der Waals surface area contributed by atoms with Gasteiger partial charge in [-0.25, -0.2) is 4.98 Å². The van der Waals surface area contributed by atoms with Gasteiger partial charge in [-0.1, -0.05) is 17.7 Å². The van der Waals surface area contributed by atoms with E-state index in [4.69, 9.17) is 22.4 Å². The second-order valence-corrected chi connectivity index (χ2v) is 9.50. The average Bonchev–Trinajstić information content (AvgIpc) is 3.57. The number of benzene rings is 1. The maximum atomic E-state index is 13.5. The third-order valence-electron chi connectivity index (χ3n) is 6.80. The number of carbonyl (C=O) groups excluding carboxylic acids is 4. The highest BCUT2D eigenvalue weighted by atomic mass is 35.5. The van der Waals surface area contributed by atoms with Gasteiger partial charge in [-0.05, 0) is 55.5 Å². The normalized spacial score (nSPS) is 20.3. The summed E-state index contributed by atoms with van der Waals surface area (Å²) in [5.74, 6) is -1.73. The number of primary amides is 1. The van der Waals surface area contributed by atoms with Crippen LogP contribution in [0.4, 0.5) is 11.5 Å². The zero-order valence-electron chi connectivity index (χ0n) is 19.6. The number of pyridine rings is 1. The number of piperidine rings is 1. The summed E-state index contributed by atoms with van der Waals surface area (Å²) in [6, 6.07) is 8.83. The number of anilines is 2. The number of aliphatic hydroxyl groups excluding tert-OH is 1. The lowest BCUT2D eigenvalue weighted by Crippen LogP contribution is -2.52. The molecule has 13 heteroatoms. The van der Waals surface area contributed by atoms with Crippen LogP contribution in [0.5, 0.6) is 0 Å². The fraction of sp³-hybridized carbons (Fsp3) is 0.333. The molecule has 3 heterocycles. The zero-order valence-corrected chi connectivity index (χ0v) is 20.3. The molecule has 0 radical (unpaired) electrons. The van der Waals surface area contributed by atoms with Crippen LogP contribution >= 0.6 is 11.6 Å². The van der Waals surface area contributed by atoms with Crippen LogP contribution < -0.4 is 16.4 Å². The first-order valence-electron chi connectivity index (χ1n) is 11.7. The number of nitrogens with zero attached hydrogens (tertiary/aromatic N) is 4. The lowest BCUT2D eigenvalue weighted by Gasteiger charge is -2.34. The lowest BCUT2D eigenvalue weighted by atomic mass is 9.97. The van der Waals surface area contributed by atoms with E-state index >= 15 is 0 Å². The molecule has 3 atom stereocenters. The Morgan fingerprint density at radius 1 is 1.14 bits per heavy atom. The van der Waals surface area contributed by atoms with Crippen LogP contribution in [0.15, 0.2) is 36.4 Å². The van der Waals surface area contributed by atoms with Gasteiger partial charge in [-0.15, -0.1) is 0 Å². The minimum Gasteiger partial charge on any atom is -0.387 e. The molecule has 1 aromatic carbocycles. The smallest absolute Gasteiger partial charge is 0.269 e. The van der Waals surface area contributed by atoms with Crippen LogP contribution in [0.3, 0.4) is 0 Å². The fourth-order valence-corrected chi connectivity index (χ4v) is 5.50. The largest absolute Gasteiger partial charge is 0.387 e. The number of carbonyl (C=O) groups is 4. The van der Waals surface area contributed by atoms with Crippen molar-refractivity contribution in [3.05, 3.63) is 47.2 Å². The van der Waals surface area contributed by atoms with Crippen molar-refractivity contribution in [2.45, 2.75) is 37.9 Å². The molecule has 2 aliphatic rings. The van der Waals surface area contributed by atoms with E-state index in [9.17, 15) is 19.2 Å². The van der Waals surface area contributed by atoms with Gasteiger partial charge in [0.15, 0.2) is 5.69 Å². The second kappa shape index (κ2) is 9.79. The third kappa shape index (κ3) is 4.72. The van der Waals surface area contributed by atoms with Crippen molar-refractivity contribution >= 4 is 57.6 Å². The predicted octanol–water partition coefficient (Wildman–Crippen LogP) is 1.13. The Balaban J connectivity index is 1.41. The molecule has 2 fully saturated rings. The molecule has 37 heavy (non-hydrogen) atoms. The Bertz CT molecular complexity index is 1420. The number of halogens is 1. The van der Waals surface area contributed by atoms with Gasteiger partial charge in [0.2, 0.25) is 17.7 Å². The Kier molecular flexibility index (Phi) is 6.52. The quantitative estimate of drug-likeness (QED) is 0.334. The molecule has 4 amide bonds.